The van der Waals surface area contributed by atoms with Gasteiger partial charge in [0.2, 0.25) is 0 Å². The monoisotopic (exact) mass is 294 g/mol. The highest BCUT2D eigenvalue weighted by Gasteiger charge is 2.16. The number of aryl methyl sites for hydroxylation is 1. The van der Waals surface area contributed by atoms with E-state index in [0.29, 0.717) is 18.2 Å². The van der Waals surface area contributed by atoms with Gasteiger partial charge in [-0.2, -0.15) is 5.10 Å². The van der Waals surface area contributed by atoms with Crippen LogP contribution in [0.3, 0.4) is 0 Å². The van der Waals surface area contributed by atoms with Crippen molar-refractivity contribution in [2.24, 2.45) is 5.73 Å². The van der Waals surface area contributed by atoms with Gasteiger partial charge in [0, 0.05) is 25.5 Å². The topological polar surface area (TPSA) is 66.0 Å². The summed E-state index contributed by atoms with van der Waals surface area (Å²) in [5.41, 5.74) is 8.35. The molecule has 2 N–H and O–H groups in total. The van der Waals surface area contributed by atoms with Crippen LogP contribution in [-0.2, 0) is 17.7 Å². The molecule has 0 fully saturated rings. The quantitative estimate of drug-likeness (QED) is 0.850. The number of nitrogens with zero attached hydrogens (tertiary/aromatic N) is 3. The molecule has 2 aromatic rings. The second kappa shape index (κ2) is 7.38. The third-order valence-electron chi connectivity index (χ3n) is 3.19. The number of methoxy groups -OCH3 is 1. The molecule has 1 atom stereocenters. The van der Waals surface area contributed by atoms with E-state index in [0.717, 1.165) is 18.5 Å². The average Bonchev–Trinajstić information content (AvgIpc) is 2.84. The Morgan fingerprint density at radius 3 is 2.85 bits per heavy atom. The Kier molecular flexibility index (Phi) is 5.52. The van der Waals surface area contributed by atoms with Crippen molar-refractivity contribution in [3.05, 3.63) is 47.0 Å². The standard InChI is InChI=1S/C14H19ClN4O/c1-20-9-8-19-14(12(15)10-18-19)13(16)3-2-11-4-6-17-7-5-11/h4-7,10,13H,2-3,8-9,16H2,1H3. The lowest BCUT2D eigenvalue weighted by atomic mass is 10.0. The first-order valence-corrected chi connectivity index (χ1v) is 6.94. The maximum absolute atomic E-state index is 6.26. The van der Waals surface area contributed by atoms with Crippen LogP contribution in [0, 0.1) is 0 Å². The summed E-state index contributed by atoms with van der Waals surface area (Å²) in [6.07, 6.45) is 6.91. The van der Waals surface area contributed by atoms with Gasteiger partial charge in [-0.3, -0.25) is 9.67 Å². The third-order valence-corrected chi connectivity index (χ3v) is 3.48. The molecule has 20 heavy (non-hydrogen) atoms. The van der Waals surface area contributed by atoms with Crippen molar-refractivity contribution in [2.75, 3.05) is 13.7 Å². The lowest BCUT2D eigenvalue weighted by molar-refractivity contribution is 0.182. The van der Waals surface area contributed by atoms with Gasteiger partial charge in [0.15, 0.2) is 0 Å². The Morgan fingerprint density at radius 2 is 2.15 bits per heavy atom. The van der Waals surface area contributed by atoms with Gasteiger partial charge in [-0.25, -0.2) is 0 Å². The molecule has 0 aromatic carbocycles. The van der Waals surface area contributed by atoms with Gasteiger partial charge >= 0.3 is 0 Å². The van der Waals surface area contributed by atoms with E-state index in [4.69, 9.17) is 22.1 Å². The minimum absolute atomic E-state index is 0.143. The molecule has 108 valence electrons. The first kappa shape index (κ1) is 15.0. The highest BCUT2D eigenvalue weighted by atomic mass is 35.5. The van der Waals surface area contributed by atoms with Crippen molar-refractivity contribution in [2.45, 2.75) is 25.4 Å². The van der Waals surface area contributed by atoms with Crippen molar-refractivity contribution in [3.8, 4) is 0 Å². The molecule has 0 aliphatic carbocycles. The summed E-state index contributed by atoms with van der Waals surface area (Å²) in [6.45, 7) is 1.24. The van der Waals surface area contributed by atoms with Gasteiger partial charge < -0.3 is 10.5 Å². The van der Waals surface area contributed by atoms with Crippen LogP contribution in [0.2, 0.25) is 5.02 Å². The fraction of sp³-hybridized carbons (Fsp3) is 0.429. The summed E-state index contributed by atoms with van der Waals surface area (Å²) >= 11 is 6.19. The van der Waals surface area contributed by atoms with Crippen LogP contribution in [-0.4, -0.2) is 28.5 Å². The molecular weight excluding hydrogens is 276 g/mol. The second-order valence-corrected chi connectivity index (χ2v) is 5.00. The van der Waals surface area contributed by atoms with E-state index in [9.17, 15) is 0 Å². The van der Waals surface area contributed by atoms with E-state index in [1.54, 1.807) is 25.7 Å². The van der Waals surface area contributed by atoms with Crippen LogP contribution in [0.4, 0.5) is 0 Å². The smallest absolute Gasteiger partial charge is 0.0834 e. The van der Waals surface area contributed by atoms with E-state index in [1.807, 2.05) is 16.8 Å². The van der Waals surface area contributed by atoms with E-state index >= 15 is 0 Å². The number of nitrogens with two attached hydrogens (primary N) is 1. The lowest BCUT2D eigenvalue weighted by Gasteiger charge is -2.15. The molecule has 2 aromatic heterocycles. The number of pyridine rings is 1. The molecule has 0 spiro atoms. The van der Waals surface area contributed by atoms with Crippen molar-refractivity contribution >= 4 is 11.6 Å². The fourth-order valence-corrected chi connectivity index (χ4v) is 2.39. The van der Waals surface area contributed by atoms with Gasteiger partial charge in [-0.1, -0.05) is 11.6 Å². The molecule has 1 unspecified atom stereocenters. The SMILES string of the molecule is COCCn1ncc(Cl)c1C(N)CCc1ccncc1. The number of ether oxygens (including phenoxy) is 1. The van der Waals surface area contributed by atoms with Gasteiger partial charge in [-0.05, 0) is 30.5 Å². The summed E-state index contributed by atoms with van der Waals surface area (Å²) in [5.74, 6) is 0. The molecule has 0 saturated carbocycles. The van der Waals surface area contributed by atoms with Gasteiger partial charge in [0.25, 0.3) is 0 Å². The first-order valence-electron chi connectivity index (χ1n) is 6.57. The van der Waals surface area contributed by atoms with E-state index in [-0.39, 0.29) is 6.04 Å². The molecule has 5 nitrogen and oxygen atoms in total. The molecule has 2 rings (SSSR count). The molecule has 6 heteroatoms. The number of aromatic nitrogens is 3. The van der Waals surface area contributed by atoms with E-state index in [2.05, 4.69) is 10.1 Å². The number of rotatable bonds is 7. The summed E-state index contributed by atoms with van der Waals surface area (Å²) < 4.78 is 6.89. The highest BCUT2D eigenvalue weighted by Crippen LogP contribution is 2.24. The van der Waals surface area contributed by atoms with Crippen LogP contribution in [0.1, 0.15) is 23.7 Å². The second-order valence-electron chi connectivity index (χ2n) is 4.59. The van der Waals surface area contributed by atoms with Crippen LogP contribution in [0.5, 0.6) is 0 Å². The third kappa shape index (κ3) is 3.79. The number of halogens is 1. The van der Waals surface area contributed by atoms with Crippen LogP contribution in [0.15, 0.2) is 30.7 Å². The summed E-state index contributed by atoms with van der Waals surface area (Å²) in [5, 5.41) is 4.86. The normalized spacial score (nSPS) is 12.6. The molecule has 0 aliphatic heterocycles. The zero-order valence-corrected chi connectivity index (χ0v) is 12.3. The molecule has 2 heterocycles. The van der Waals surface area contributed by atoms with Crippen LogP contribution in [0.25, 0.3) is 0 Å². The summed E-state index contributed by atoms with van der Waals surface area (Å²) in [6, 6.07) is 3.85. The molecule has 0 aliphatic rings. The first-order chi connectivity index (χ1) is 9.72. The zero-order chi connectivity index (χ0) is 14.4. The van der Waals surface area contributed by atoms with Crippen molar-refractivity contribution < 1.29 is 4.74 Å². The maximum Gasteiger partial charge on any atom is 0.0834 e. The van der Waals surface area contributed by atoms with Gasteiger partial charge in [0.05, 0.1) is 30.1 Å². The Bertz CT molecular complexity index is 529. The van der Waals surface area contributed by atoms with Crippen LogP contribution >= 0.6 is 11.6 Å². The van der Waals surface area contributed by atoms with E-state index < -0.39 is 0 Å². The summed E-state index contributed by atoms with van der Waals surface area (Å²) in [7, 11) is 1.66. The van der Waals surface area contributed by atoms with Crippen molar-refractivity contribution in [3.63, 3.8) is 0 Å². The molecular formula is C14H19ClN4O. The van der Waals surface area contributed by atoms with Crippen molar-refractivity contribution in [1.82, 2.24) is 14.8 Å². The van der Waals surface area contributed by atoms with E-state index in [1.165, 1.54) is 5.56 Å². The molecule has 0 saturated heterocycles. The Hall–Kier alpha value is -1.43. The minimum atomic E-state index is -0.143. The Labute approximate surface area is 123 Å². The highest BCUT2D eigenvalue weighted by molar-refractivity contribution is 6.31. The Balaban J connectivity index is 2.01. The Morgan fingerprint density at radius 1 is 1.40 bits per heavy atom. The number of hydrogen-bond acceptors (Lipinski definition) is 4. The lowest BCUT2D eigenvalue weighted by Crippen LogP contribution is -2.19. The molecule has 0 radical (unpaired) electrons. The predicted molar refractivity (Wildman–Crippen MR) is 78.6 cm³/mol. The van der Waals surface area contributed by atoms with Gasteiger partial charge in [0.1, 0.15) is 0 Å². The summed E-state index contributed by atoms with van der Waals surface area (Å²) in [4.78, 5) is 4.00. The largest absolute Gasteiger partial charge is 0.383 e. The van der Waals surface area contributed by atoms with Gasteiger partial charge in [-0.15, -0.1) is 0 Å². The minimum Gasteiger partial charge on any atom is -0.383 e. The molecule has 0 amide bonds. The number of hydrogen-bond donors (Lipinski definition) is 1. The average molecular weight is 295 g/mol. The molecule has 0 bridgehead atoms. The van der Waals surface area contributed by atoms with Crippen molar-refractivity contribution in [1.29, 1.82) is 0 Å². The fourth-order valence-electron chi connectivity index (χ4n) is 2.10. The predicted octanol–water partition coefficient (Wildman–Crippen LogP) is 2.21. The maximum atomic E-state index is 6.26. The zero-order valence-electron chi connectivity index (χ0n) is 11.5. The van der Waals surface area contributed by atoms with Crippen LogP contribution < -0.4 is 5.73 Å².